The van der Waals surface area contributed by atoms with Crippen LogP contribution >= 0.6 is 0 Å². The van der Waals surface area contributed by atoms with Crippen LogP contribution in [0.25, 0.3) is 0 Å². The fraction of sp³-hybridized carbons (Fsp3) is 0.368. The van der Waals surface area contributed by atoms with E-state index in [9.17, 15) is 13.9 Å². The van der Waals surface area contributed by atoms with Crippen LogP contribution in [0.2, 0.25) is 0 Å². The zero-order valence-corrected chi connectivity index (χ0v) is 13.5. The lowest BCUT2D eigenvalue weighted by atomic mass is 9.97. The molecule has 3 nitrogen and oxygen atoms in total. The number of anilines is 2. The van der Waals surface area contributed by atoms with Crippen molar-refractivity contribution in [1.82, 2.24) is 0 Å². The minimum absolute atomic E-state index is 0.230. The summed E-state index contributed by atoms with van der Waals surface area (Å²) in [6.45, 7) is 2.25. The van der Waals surface area contributed by atoms with Gasteiger partial charge in [-0.05, 0) is 49.1 Å². The predicted octanol–water partition coefficient (Wildman–Crippen LogP) is 3.79. The number of hydrogen-bond acceptors (Lipinski definition) is 3. The molecule has 0 radical (unpaired) electrons. The van der Waals surface area contributed by atoms with E-state index in [1.165, 1.54) is 6.07 Å². The molecular formula is C19H22F2N2O. The van der Waals surface area contributed by atoms with E-state index in [2.05, 4.69) is 10.2 Å². The van der Waals surface area contributed by atoms with Crippen molar-refractivity contribution in [3.8, 4) is 0 Å². The summed E-state index contributed by atoms with van der Waals surface area (Å²) in [5.74, 6) is -0.472. The van der Waals surface area contributed by atoms with Crippen LogP contribution in [-0.2, 0) is 6.54 Å². The van der Waals surface area contributed by atoms with Gasteiger partial charge in [0, 0.05) is 31.8 Å². The highest BCUT2D eigenvalue weighted by Gasteiger charge is 2.20. The molecule has 24 heavy (non-hydrogen) atoms. The molecule has 1 aliphatic rings. The van der Waals surface area contributed by atoms with Crippen LogP contribution in [0.4, 0.5) is 20.2 Å². The van der Waals surface area contributed by atoms with Gasteiger partial charge in [-0.15, -0.1) is 0 Å². The second-order valence-electron chi connectivity index (χ2n) is 6.22. The van der Waals surface area contributed by atoms with Crippen molar-refractivity contribution in [3.05, 3.63) is 59.7 Å². The van der Waals surface area contributed by atoms with Crippen molar-refractivity contribution in [3.63, 3.8) is 0 Å². The number of hydrogen-bond donors (Lipinski definition) is 2. The lowest BCUT2D eigenvalue weighted by Gasteiger charge is -2.34. The minimum Gasteiger partial charge on any atom is -0.396 e. The average Bonchev–Trinajstić information content (AvgIpc) is 2.63. The van der Waals surface area contributed by atoms with Gasteiger partial charge in [0.05, 0.1) is 11.4 Å². The van der Waals surface area contributed by atoms with Crippen molar-refractivity contribution in [2.75, 3.05) is 29.9 Å². The quantitative estimate of drug-likeness (QED) is 0.874. The van der Waals surface area contributed by atoms with Gasteiger partial charge in [0.2, 0.25) is 0 Å². The third kappa shape index (κ3) is 3.85. The first-order chi connectivity index (χ1) is 11.7. The molecule has 1 aliphatic heterocycles. The summed E-state index contributed by atoms with van der Waals surface area (Å²) < 4.78 is 27.1. The third-order valence-corrected chi connectivity index (χ3v) is 4.59. The first-order valence-electron chi connectivity index (χ1n) is 8.30. The van der Waals surface area contributed by atoms with Crippen molar-refractivity contribution in [2.45, 2.75) is 19.4 Å². The van der Waals surface area contributed by atoms with Gasteiger partial charge in [-0.3, -0.25) is 0 Å². The Hall–Kier alpha value is -2.14. The van der Waals surface area contributed by atoms with E-state index >= 15 is 0 Å². The van der Waals surface area contributed by atoms with Crippen LogP contribution in [0.15, 0.2) is 42.5 Å². The maximum atomic E-state index is 13.8. The number of aliphatic hydroxyl groups is 1. The Morgan fingerprint density at radius 2 is 1.83 bits per heavy atom. The summed E-state index contributed by atoms with van der Waals surface area (Å²) in [6.07, 6.45) is 1.92. The molecule has 0 atom stereocenters. The molecule has 1 fully saturated rings. The number of benzene rings is 2. The molecule has 3 rings (SSSR count). The van der Waals surface area contributed by atoms with E-state index < -0.39 is 11.6 Å². The smallest absolute Gasteiger partial charge is 0.128 e. The van der Waals surface area contributed by atoms with Crippen LogP contribution in [0.5, 0.6) is 0 Å². The summed E-state index contributed by atoms with van der Waals surface area (Å²) in [6, 6.07) is 11.4. The van der Waals surface area contributed by atoms with Crippen molar-refractivity contribution in [2.24, 2.45) is 5.92 Å². The van der Waals surface area contributed by atoms with Gasteiger partial charge < -0.3 is 15.3 Å². The van der Waals surface area contributed by atoms with Crippen molar-refractivity contribution in [1.29, 1.82) is 0 Å². The number of rotatable bonds is 5. The lowest BCUT2D eigenvalue weighted by Crippen LogP contribution is -2.35. The van der Waals surface area contributed by atoms with Gasteiger partial charge in [-0.1, -0.05) is 12.1 Å². The van der Waals surface area contributed by atoms with Crippen molar-refractivity contribution >= 4 is 11.4 Å². The summed E-state index contributed by atoms with van der Waals surface area (Å²) in [4.78, 5) is 2.27. The summed E-state index contributed by atoms with van der Waals surface area (Å²) in [5.41, 5.74) is 2.28. The number of nitrogens with one attached hydrogen (secondary N) is 1. The standard InChI is InChI=1S/C19H22F2N2O/c20-16-5-6-17(21)15(11-16)12-22-18-3-1-2-4-19(18)23-9-7-14(13-24)8-10-23/h1-6,11,14,22,24H,7-10,12-13H2. The molecule has 0 amide bonds. The maximum absolute atomic E-state index is 13.8. The Kier molecular flexibility index (Phi) is 5.30. The number of aliphatic hydroxyl groups excluding tert-OH is 1. The molecule has 2 aromatic rings. The molecule has 1 heterocycles. The van der Waals surface area contributed by atoms with Gasteiger partial charge >= 0.3 is 0 Å². The third-order valence-electron chi connectivity index (χ3n) is 4.59. The predicted molar refractivity (Wildman–Crippen MR) is 92.1 cm³/mol. The van der Waals surface area contributed by atoms with E-state index in [0.29, 0.717) is 11.5 Å². The summed E-state index contributed by atoms with van der Waals surface area (Å²) in [5, 5.41) is 12.5. The van der Waals surface area contributed by atoms with Crippen LogP contribution in [0, 0.1) is 17.6 Å². The number of para-hydroxylation sites is 2. The molecule has 1 saturated heterocycles. The fourth-order valence-electron chi connectivity index (χ4n) is 3.12. The molecule has 2 N–H and O–H groups in total. The molecule has 0 unspecified atom stereocenters. The first-order valence-corrected chi connectivity index (χ1v) is 8.30. The highest BCUT2D eigenvalue weighted by atomic mass is 19.1. The van der Waals surface area contributed by atoms with Crippen LogP contribution in [0.1, 0.15) is 18.4 Å². The molecule has 128 valence electrons. The Morgan fingerprint density at radius 1 is 1.08 bits per heavy atom. The number of nitrogens with zero attached hydrogens (tertiary/aromatic N) is 1. The van der Waals surface area contributed by atoms with Crippen molar-refractivity contribution < 1.29 is 13.9 Å². The topological polar surface area (TPSA) is 35.5 Å². The maximum Gasteiger partial charge on any atom is 0.128 e. The van der Waals surface area contributed by atoms with Gasteiger partial charge in [-0.2, -0.15) is 0 Å². The second kappa shape index (κ2) is 7.62. The molecule has 0 aliphatic carbocycles. The first kappa shape index (κ1) is 16.7. The second-order valence-corrected chi connectivity index (χ2v) is 6.22. The van der Waals surface area contributed by atoms with Gasteiger partial charge in [0.25, 0.3) is 0 Å². The van der Waals surface area contributed by atoms with E-state index in [4.69, 9.17) is 0 Å². The minimum atomic E-state index is -0.437. The van der Waals surface area contributed by atoms with E-state index in [0.717, 1.165) is 49.4 Å². The largest absolute Gasteiger partial charge is 0.396 e. The molecule has 0 spiro atoms. The molecule has 2 aromatic carbocycles. The van der Waals surface area contributed by atoms with Gasteiger partial charge in [0.1, 0.15) is 11.6 Å². The SMILES string of the molecule is OCC1CCN(c2ccccc2NCc2cc(F)ccc2F)CC1. The zero-order chi connectivity index (χ0) is 16.9. The van der Waals surface area contributed by atoms with Gasteiger partial charge in [-0.25, -0.2) is 8.78 Å². The zero-order valence-electron chi connectivity index (χ0n) is 13.5. The Balaban J connectivity index is 1.71. The molecular weight excluding hydrogens is 310 g/mol. The van der Waals surface area contributed by atoms with E-state index in [1.54, 1.807) is 0 Å². The highest BCUT2D eigenvalue weighted by molar-refractivity contribution is 5.70. The highest BCUT2D eigenvalue weighted by Crippen LogP contribution is 2.30. The van der Waals surface area contributed by atoms with E-state index in [1.807, 2.05) is 24.3 Å². The van der Waals surface area contributed by atoms with Gasteiger partial charge in [0.15, 0.2) is 0 Å². The normalized spacial score (nSPS) is 15.5. The summed E-state index contributed by atoms with van der Waals surface area (Å²) in [7, 11) is 0. The average molecular weight is 332 g/mol. The molecule has 0 bridgehead atoms. The number of halogens is 2. The Labute approximate surface area is 140 Å². The van der Waals surface area contributed by atoms with Crippen LogP contribution < -0.4 is 10.2 Å². The summed E-state index contributed by atoms with van der Waals surface area (Å²) >= 11 is 0. The monoisotopic (exact) mass is 332 g/mol. The van der Waals surface area contributed by atoms with Crippen LogP contribution in [-0.4, -0.2) is 24.8 Å². The fourth-order valence-corrected chi connectivity index (χ4v) is 3.12. The molecule has 0 aromatic heterocycles. The Morgan fingerprint density at radius 3 is 2.58 bits per heavy atom. The molecule has 0 saturated carbocycles. The Bertz CT molecular complexity index is 685. The number of piperidine rings is 1. The molecule has 5 heteroatoms. The van der Waals surface area contributed by atoms with Crippen LogP contribution in [0.3, 0.4) is 0 Å². The lowest BCUT2D eigenvalue weighted by molar-refractivity contribution is 0.203. The van der Waals surface area contributed by atoms with E-state index in [-0.39, 0.29) is 13.2 Å².